The van der Waals surface area contributed by atoms with Crippen LogP contribution in [0, 0.1) is 5.82 Å². The number of nitrogens with two attached hydrogens (primary N) is 1. The van der Waals surface area contributed by atoms with E-state index in [1.165, 1.54) is 18.1 Å². The van der Waals surface area contributed by atoms with E-state index in [-0.39, 0.29) is 91.2 Å². The number of anilines is 3. The fourth-order valence-corrected chi connectivity index (χ4v) is 12.6. The van der Waals surface area contributed by atoms with Gasteiger partial charge in [-0.15, -0.1) is 9.69 Å². The van der Waals surface area contributed by atoms with Crippen LogP contribution in [0.15, 0.2) is 67.0 Å². The summed E-state index contributed by atoms with van der Waals surface area (Å²) in [5, 5.41) is 21.9. The summed E-state index contributed by atoms with van der Waals surface area (Å²) in [4.78, 5) is 105. The van der Waals surface area contributed by atoms with Gasteiger partial charge in [0.2, 0.25) is 23.6 Å². The highest BCUT2D eigenvalue weighted by Crippen LogP contribution is 2.42. The summed E-state index contributed by atoms with van der Waals surface area (Å²) in [6.45, 7) is 9.93. The molecule has 6 N–H and O–H groups in total. The van der Waals surface area contributed by atoms with Gasteiger partial charge >= 0.3 is 11.9 Å². The Morgan fingerprint density at radius 2 is 1.35 bits per heavy atom. The van der Waals surface area contributed by atoms with Crippen LogP contribution in [0.5, 0.6) is 0 Å². The number of primary amides is 1. The van der Waals surface area contributed by atoms with E-state index in [4.69, 9.17) is 44.2 Å². The maximum atomic E-state index is 16.2. The second-order valence-corrected chi connectivity index (χ2v) is 24.2. The minimum absolute atomic E-state index is 0.0616. The summed E-state index contributed by atoms with van der Waals surface area (Å²) in [5.74, 6) is -2.03. The molecule has 6 amide bonds. The molecule has 3 fully saturated rings. The van der Waals surface area contributed by atoms with Gasteiger partial charge < -0.3 is 65.2 Å². The van der Waals surface area contributed by atoms with Crippen molar-refractivity contribution in [2.45, 2.75) is 103 Å². The zero-order valence-electron chi connectivity index (χ0n) is 53.6. The Bertz CT molecular complexity index is 3620. The fraction of sp³-hybridized carbons (Fsp3) is 0.530. The molecule has 5 aliphatic heterocycles. The molecule has 4 bridgehead atoms. The van der Waals surface area contributed by atoms with Gasteiger partial charge in [-0.05, 0) is 93.3 Å². The summed E-state index contributed by atoms with van der Waals surface area (Å²) in [6.07, 6.45) is 9.09. The summed E-state index contributed by atoms with van der Waals surface area (Å²) < 4.78 is 50.8. The molecule has 0 atom stereocenters. The monoisotopic (exact) mass is 1300 g/mol. The number of fused-ring (bicyclic) bond motifs is 2. The van der Waals surface area contributed by atoms with Crippen molar-refractivity contribution >= 4 is 80.5 Å². The zero-order valence-corrected chi connectivity index (χ0v) is 53.6. The molecule has 0 saturated carbocycles. The molecular formula is C66H86FN14O13+. The van der Waals surface area contributed by atoms with Crippen molar-refractivity contribution in [2.24, 2.45) is 5.73 Å². The molecule has 5 aliphatic rings. The standard InChI is InChI=1S/C66H85FN14O13/c1-44(2)94-61(87)42-71-57(83)41-70-58(84)43-79-53-8-6-7-50-51-38-54-48(37-52(51)67)39-73-80(54)81(25-17-47(18-26-81)63(76-79)62(50)53)60(86)14-13-56(82)69-20-28-90-30-32-92-34-36-93-35-33-91-31-29-89-27-19-59(85)78-23-15-46(16-24-78)45-9-11-49(12-10-45)74-66-64(65(68)88)72-40-55(75-66)77-21-4-3-5-22-77/h6-12,37-40,44,46-47H,3-5,13-36,41-43H2,1-2H3,(H5-,68,69,70,71,74,75,82,83,84,88)/p+1. The number of ether oxygens (including phenoxy) is 6. The van der Waals surface area contributed by atoms with Crippen LogP contribution in [0.25, 0.3) is 32.9 Å². The zero-order chi connectivity index (χ0) is 66.0. The number of carbonyl (C=O) groups excluding carboxylic acids is 7. The van der Waals surface area contributed by atoms with E-state index < -0.39 is 29.5 Å². The summed E-state index contributed by atoms with van der Waals surface area (Å²) >= 11 is 0. The molecule has 504 valence electrons. The van der Waals surface area contributed by atoms with Gasteiger partial charge in [0, 0.05) is 79.9 Å². The van der Waals surface area contributed by atoms with Crippen LogP contribution in [0.2, 0.25) is 0 Å². The number of halogens is 1. The molecule has 94 heavy (non-hydrogen) atoms. The molecule has 28 heteroatoms. The smallest absolute Gasteiger partial charge is 0.340 e. The quantitative estimate of drug-likeness (QED) is 0.0213. The summed E-state index contributed by atoms with van der Waals surface area (Å²) in [7, 11) is 0. The van der Waals surface area contributed by atoms with E-state index in [9.17, 15) is 33.6 Å². The Morgan fingerprint density at radius 1 is 0.681 bits per heavy atom. The normalized spacial score (nSPS) is 17.1. The van der Waals surface area contributed by atoms with E-state index in [0.717, 1.165) is 50.3 Å². The Morgan fingerprint density at radius 3 is 2.03 bits per heavy atom. The third kappa shape index (κ3) is 17.6. The van der Waals surface area contributed by atoms with Gasteiger partial charge in [-0.3, -0.25) is 33.4 Å². The van der Waals surface area contributed by atoms with Crippen LogP contribution in [-0.4, -0.2) is 207 Å². The van der Waals surface area contributed by atoms with Gasteiger partial charge in [0.1, 0.15) is 43.3 Å². The number of likely N-dealkylation sites (tertiary alicyclic amines) is 1. The number of hydrogen-bond donors (Lipinski definition) is 5. The lowest BCUT2D eigenvalue weighted by Crippen LogP contribution is -2.65. The topological polar surface area (TPSA) is 317 Å². The molecule has 27 nitrogen and oxygen atoms in total. The predicted octanol–water partition coefficient (Wildman–Crippen LogP) is 4.63. The molecule has 6 aromatic rings. The van der Waals surface area contributed by atoms with Crippen molar-refractivity contribution in [3.63, 3.8) is 0 Å². The number of quaternary nitrogens is 1. The first-order valence-electron chi connectivity index (χ1n) is 32.7. The molecule has 11 rings (SSSR count). The van der Waals surface area contributed by atoms with E-state index in [1.807, 2.05) is 29.2 Å². The Balaban J connectivity index is 0.558. The Hall–Kier alpha value is -8.54. The molecule has 0 spiro atoms. The molecule has 0 unspecified atom stereocenters. The number of rotatable bonds is 33. The van der Waals surface area contributed by atoms with Crippen molar-refractivity contribution in [1.82, 2.24) is 55.1 Å². The number of piperidine rings is 3. The van der Waals surface area contributed by atoms with Gasteiger partial charge in [-0.2, -0.15) is 5.10 Å². The van der Waals surface area contributed by atoms with Crippen LogP contribution >= 0.6 is 0 Å². The third-order valence-electron chi connectivity index (χ3n) is 17.4. The molecular weight excluding hydrogens is 1220 g/mol. The van der Waals surface area contributed by atoms with E-state index in [2.05, 4.69) is 48.4 Å². The first-order chi connectivity index (χ1) is 45.6. The largest absolute Gasteiger partial charge is 0.462 e. The second-order valence-electron chi connectivity index (χ2n) is 24.2. The number of amides is 6. The highest BCUT2D eigenvalue weighted by molar-refractivity contribution is 6.01. The molecule has 0 radical (unpaired) electrons. The van der Waals surface area contributed by atoms with Crippen molar-refractivity contribution in [2.75, 3.05) is 135 Å². The average molecular weight is 1300 g/mol. The number of nitrogens with zero attached hydrogens (tertiary/aromatic N) is 9. The number of aromatic nitrogens is 6. The van der Waals surface area contributed by atoms with Crippen molar-refractivity contribution < 1.29 is 66.4 Å². The van der Waals surface area contributed by atoms with Gasteiger partial charge in [-0.1, -0.05) is 29.1 Å². The fourth-order valence-electron chi connectivity index (χ4n) is 12.6. The first kappa shape index (κ1) is 68.3. The Kier molecular flexibility index (Phi) is 24.0. The lowest BCUT2D eigenvalue weighted by Gasteiger charge is -2.39. The van der Waals surface area contributed by atoms with Crippen LogP contribution in [0.3, 0.4) is 0 Å². The highest BCUT2D eigenvalue weighted by Gasteiger charge is 2.46. The van der Waals surface area contributed by atoms with Crippen LogP contribution in [-0.2, 0) is 63.7 Å². The SMILES string of the molecule is CC(C)OC(=O)CNC(=O)CNC(=O)Cn1nc2c3c(cccc31)-c1cc3c(cnn3[N+]3(C(=O)CCC(=O)NCCOCCOCCOCCOCCOCCC(=O)N4CCC(c5ccc(Nc6nc(N7CCCCC7)cnc6C(N)=O)cc5)CC4)CCC2CC3)cc1F. The minimum Gasteiger partial charge on any atom is -0.462 e. The molecule has 8 heterocycles. The number of esters is 1. The average Bonchev–Trinajstić information content (AvgIpc) is 1.55. The molecule has 3 aromatic carbocycles. The van der Waals surface area contributed by atoms with Gasteiger partial charge in [0.25, 0.3) is 5.91 Å². The lowest BCUT2D eigenvalue weighted by atomic mass is 9.88. The van der Waals surface area contributed by atoms with E-state index >= 15 is 4.39 Å². The maximum absolute atomic E-state index is 16.2. The number of nitrogens with one attached hydrogen (secondary N) is 4. The lowest BCUT2D eigenvalue weighted by molar-refractivity contribution is -0.147. The van der Waals surface area contributed by atoms with Crippen molar-refractivity contribution in [3.8, 4) is 11.1 Å². The van der Waals surface area contributed by atoms with E-state index in [1.54, 1.807) is 47.8 Å². The van der Waals surface area contributed by atoms with Crippen LogP contribution in [0.4, 0.5) is 21.7 Å². The van der Waals surface area contributed by atoms with Gasteiger partial charge in [0.15, 0.2) is 11.5 Å². The number of benzene rings is 3. The van der Waals surface area contributed by atoms with Crippen LogP contribution < -0.4 is 36.5 Å². The Labute approximate surface area is 544 Å². The first-order valence-corrected chi connectivity index (χ1v) is 32.7. The summed E-state index contributed by atoms with van der Waals surface area (Å²) in [6, 6.07) is 16.6. The van der Waals surface area contributed by atoms with Crippen molar-refractivity contribution in [3.05, 3.63) is 89.8 Å². The molecule has 0 aliphatic carbocycles. The minimum atomic E-state index is -0.641. The van der Waals surface area contributed by atoms with Crippen molar-refractivity contribution in [1.29, 1.82) is 0 Å². The number of carbonyl (C=O) groups is 7. The van der Waals surface area contributed by atoms with Gasteiger partial charge in [-0.25, -0.2) is 19.2 Å². The maximum Gasteiger partial charge on any atom is 0.340 e. The summed E-state index contributed by atoms with van der Waals surface area (Å²) in [5.41, 5.74) is 10.4. The second kappa shape index (κ2) is 33.0. The van der Waals surface area contributed by atoms with E-state index in [0.29, 0.717) is 150 Å². The highest BCUT2D eigenvalue weighted by atomic mass is 19.1. The van der Waals surface area contributed by atoms with Gasteiger partial charge in [0.05, 0.1) is 115 Å². The molecule has 3 saturated heterocycles. The predicted molar refractivity (Wildman–Crippen MR) is 346 cm³/mol. The molecule has 3 aromatic heterocycles. The number of hydrogen-bond acceptors (Lipinski definition) is 19. The third-order valence-corrected chi connectivity index (χ3v) is 17.4. The van der Waals surface area contributed by atoms with Crippen LogP contribution in [0.1, 0.15) is 112 Å².